The topological polar surface area (TPSA) is 44.8 Å². The molecule has 0 saturated carbocycles. The number of carbonyl (C=O) groups is 1. The van der Waals surface area contributed by atoms with Crippen molar-refractivity contribution in [3.05, 3.63) is 0 Å². The third-order valence-corrected chi connectivity index (χ3v) is 10.3. The van der Waals surface area contributed by atoms with Gasteiger partial charge in [0.15, 0.2) is 0 Å². The van der Waals surface area contributed by atoms with Crippen molar-refractivity contribution in [2.45, 2.75) is 45.3 Å². The molecule has 0 bridgehead atoms. The lowest BCUT2D eigenvalue weighted by Gasteiger charge is -2.16. The first kappa shape index (κ1) is 21.8. The standard InChI is InChI=1S/C11H20O4P2S4/c1-6(2)14-10(18)20-16-9(8(12)13-5)17-21-11(19)15-7(3)4/h6-7,9,16-17H,1-5H3. The summed E-state index contributed by atoms with van der Waals surface area (Å²) in [6.07, 6.45) is 0.0745. The van der Waals surface area contributed by atoms with Crippen molar-refractivity contribution in [2.75, 3.05) is 7.11 Å². The summed E-state index contributed by atoms with van der Waals surface area (Å²) < 4.78 is 16.5. The Kier molecular flexibility index (Phi) is 12.7. The maximum atomic E-state index is 11.8. The molecule has 0 spiro atoms. The van der Waals surface area contributed by atoms with Crippen molar-refractivity contribution in [1.82, 2.24) is 0 Å². The number of methoxy groups -OCH3 is 1. The van der Waals surface area contributed by atoms with Gasteiger partial charge >= 0.3 is 5.97 Å². The summed E-state index contributed by atoms with van der Waals surface area (Å²) in [7, 11) is 1.86. The van der Waals surface area contributed by atoms with E-state index in [2.05, 4.69) is 0 Å². The highest BCUT2D eigenvalue weighted by Crippen LogP contribution is 2.50. The fourth-order valence-corrected chi connectivity index (χ4v) is 8.61. The van der Waals surface area contributed by atoms with Gasteiger partial charge in [-0.1, -0.05) is 22.8 Å². The average Bonchev–Trinajstić information content (AvgIpc) is 2.36. The SMILES string of the molecule is COC(=O)C(PSC(=S)OC(C)C)PSC(=S)OC(C)C. The molecule has 0 heterocycles. The summed E-state index contributed by atoms with van der Waals surface area (Å²) in [6, 6.07) is 0. The molecule has 122 valence electrons. The first-order valence-electron chi connectivity index (χ1n) is 6.10. The Morgan fingerprint density at radius 1 is 0.952 bits per heavy atom. The van der Waals surface area contributed by atoms with E-state index in [0.717, 1.165) is 0 Å². The number of thiocarbonyl (C=S) groups is 2. The van der Waals surface area contributed by atoms with Crippen molar-refractivity contribution in [1.29, 1.82) is 0 Å². The molecule has 21 heavy (non-hydrogen) atoms. The van der Waals surface area contributed by atoms with E-state index in [-0.39, 0.29) is 39.1 Å². The molecule has 2 unspecified atom stereocenters. The zero-order valence-corrected chi connectivity index (χ0v) is 17.8. The Hall–Kier alpha value is 0.810. The van der Waals surface area contributed by atoms with Gasteiger partial charge < -0.3 is 14.2 Å². The van der Waals surface area contributed by atoms with Crippen LogP contribution in [0.4, 0.5) is 0 Å². The average molecular weight is 406 g/mol. The minimum Gasteiger partial charge on any atom is -0.476 e. The largest absolute Gasteiger partial charge is 0.476 e. The maximum absolute atomic E-state index is 11.8. The number of hydrogen-bond donors (Lipinski definition) is 0. The fraction of sp³-hybridized carbons (Fsp3) is 0.727. The molecule has 2 atom stereocenters. The summed E-state index contributed by atoms with van der Waals surface area (Å²) in [4.78, 5) is 11.8. The normalized spacial score (nSPS) is 13.3. The highest BCUT2D eigenvalue weighted by atomic mass is 32.7. The molecule has 0 saturated heterocycles. The third-order valence-electron chi connectivity index (χ3n) is 1.62. The van der Waals surface area contributed by atoms with Crippen molar-refractivity contribution in [2.24, 2.45) is 0 Å². The number of rotatable bonds is 7. The van der Waals surface area contributed by atoms with Gasteiger partial charge in [-0.15, -0.1) is 0 Å². The molecule has 0 aliphatic heterocycles. The van der Waals surface area contributed by atoms with Crippen molar-refractivity contribution in [3.8, 4) is 0 Å². The highest BCUT2D eigenvalue weighted by Gasteiger charge is 2.22. The summed E-state index contributed by atoms with van der Waals surface area (Å²) in [5.74, 6) is -0.258. The second-order valence-electron chi connectivity index (χ2n) is 4.23. The minimum absolute atomic E-state index is 0.0372. The molecular formula is C11H20O4P2S4. The number of ether oxygens (including phenoxy) is 3. The van der Waals surface area contributed by atoms with Crippen LogP contribution in [0.2, 0.25) is 0 Å². The Bertz CT molecular complexity index is 340. The monoisotopic (exact) mass is 406 g/mol. The van der Waals surface area contributed by atoms with Crippen molar-refractivity contribution in [3.63, 3.8) is 0 Å². The second-order valence-corrected chi connectivity index (χ2v) is 11.5. The van der Waals surface area contributed by atoms with Crippen LogP contribution in [-0.4, -0.2) is 39.5 Å². The van der Waals surface area contributed by atoms with Crippen LogP contribution in [0.15, 0.2) is 0 Å². The van der Waals surface area contributed by atoms with E-state index in [9.17, 15) is 4.79 Å². The summed E-state index contributed by atoms with van der Waals surface area (Å²) in [5, 5.41) is -0.257. The molecule has 0 radical (unpaired) electrons. The summed E-state index contributed by atoms with van der Waals surface area (Å²) >= 11 is 12.9. The fourth-order valence-electron chi connectivity index (χ4n) is 0.885. The van der Waals surface area contributed by atoms with E-state index >= 15 is 0 Å². The smallest absolute Gasteiger partial charge is 0.318 e. The number of hydrogen-bond acceptors (Lipinski definition) is 8. The van der Waals surface area contributed by atoms with Crippen LogP contribution in [0, 0.1) is 0 Å². The molecule has 0 rings (SSSR count). The van der Waals surface area contributed by atoms with Crippen LogP contribution in [-0.2, 0) is 19.0 Å². The van der Waals surface area contributed by atoms with Gasteiger partial charge in [0.05, 0.1) is 19.3 Å². The van der Waals surface area contributed by atoms with Crippen LogP contribution in [0.3, 0.4) is 0 Å². The molecule has 4 nitrogen and oxygen atoms in total. The van der Waals surface area contributed by atoms with Crippen LogP contribution in [0.1, 0.15) is 27.7 Å². The van der Waals surface area contributed by atoms with Crippen LogP contribution < -0.4 is 0 Å². The van der Waals surface area contributed by atoms with Crippen LogP contribution >= 0.6 is 62.8 Å². The van der Waals surface area contributed by atoms with Crippen LogP contribution in [0.5, 0.6) is 0 Å². The van der Waals surface area contributed by atoms with E-state index in [1.807, 2.05) is 27.7 Å². The lowest BCUT2D eigenvalue weighted by atomic mass is 10.5. The lowest BCUT2D eigenvalue weighted by molar-refractivity contribution is -0.138. The zero-order chi connectivity index (χ0) is 16.4. The molecule has 0 aliphatic rings. The molecule has 0 aromatic heterocycles. The van der Waals surface area contributed by atoms with Gasteiger partial charge in [-0.05, 0) is 67.7 Å². The minimum atomic E-state index is -0.258. The van der Waals surface area contributed by atoms with Crippen molar-refractivity contribution < 1.29 is 19.0 Å². The first-order valence-corrected chi connectivity index (χ1v) is 12.2. The predicted molar refractivity (Wildman–Crippen MR) is 105 cm³/mol. The molecule has 0 aromatic carbocycles. The van der Waals surface area contributed by atoms with Gasteiger partial charge in [-0.2, -0.15) is 0 Å². The van der Waals surface area contributed by atoms with Gasteiger partial charge in [0.2, 0.25) is 8.77 Å². The Labute approximate surface area is 148 Å². The van der Waals surface area contributed by atoms with E-state index < -0.39 is 0 Å². The predicted octanol–water partition coefficient (Wildman–Crippen LogP) is 4.56. The van der Waals surface area contributed by atoms with E-state index in [1.54, 1.807) is 0 Å². The summed E-state index contributed by atoms with van der Waals surface area (Å²) in [6.45, 7) is 7.64. The molecule has 0 amide bonds. The zero-order valence-electron chi connectivity index (χ0n) is 12.5. The Balaban J connectivity index is 4.30. The van der Waals surface area contributed by atoms with Gasteiger partial charge in [0.1, 0.15) is 5.40 Å². The quantitative estimate of drug-likeness (QED) is 0.346. The molecule has 10 heteroatoms. The van der Waals surface area contributed by atoms with Gasteiger partial charge in [-0.3, -0.25) is 4.79 Å². The van der Waals surface area contributed by atoms with E-state index in [1.165, 1.54) is 29.9 Å². The highest BCUT2D eigenvalue weighted by molar-refractivity contribution is 8.65. The molecule has 0 aliphatic carbocycles. The molecule has 0 fully saturated rings. The van der Waals surface area contributed by atoms with E-state index in [0.29, 0.717) is 8.77 Å². The summed E-state index contributed by atoms with van der Waals surface area (Å²) in [5.41, 5.74) is 0. The molecule has 0 aromatic rings. The Morgan fingerprint density at radius 3 is 1.62 bits per heavy atom. The second kappa shape index (κ2) is 12.3. The van der Waals surface area contributed by atoms with Gasteiger partial charge in [0.25, 0.3) is 0 Å². The Morgan fingerprint density at radius 2 is 1.33 bits per heavy atom. The maximum Gasteiger partial charge on any atom is 0.318 e. The molecule has 0 N–H and O–H groups in total. The van der Waals surface area contributed by atoms with Crippen molar-refractivity contribution >= 4 is 77.5 Å². The third kappa shape index (κ3) is 12.0. The lowest BCUT2D eigenvalue weighted by Crippen LogP contribution is -2.13. The molecular weight excluding hydrogens is 386 g/mol. The van der Waals surface area contributed by atoms with Crippen LogP contribution in [0.25, 0.3) is 0 Å². The number of esters is 1. The van der Waals surface area contributed by atoms with Gasteiger partial charge in [0, 0.05) is 0 Å². The van der Waals surface area contributed by atoms with Gasteiger partial charge in [-0.25, -0.2) is 0 Å². The number of carbonyl (C=O) groups excluding carboxylic acids is 1. The van der Waals surface area contributed by atoms with E-state index in [4.69, 9.17) is 38.6 Å². The first-order chi connectivity index (χ1) is 9.76.